The number of methoxy groups -OCH3 is 1. The van der Waals surface area contributed by atoms with E-state index in [1.165, 1.54) is 0 Å². The molecular weight excluding hydrogens is 430 g/mol. The molecule has 0 saturated carbocycles. The summed E-state index contributed by atoms with van der Waals surface area (Å²) in [7, 11) is 1.59. The van der Waals surface area contributed by atoms with Crippen molar-refractivity contribution in [3.63, 3.8) is 0 Å². The zero-order valence-electron chi connectivity index (χ0n) is 21.2. The van der Waals surface area contributed by atoms with Crippen molar-refractivity contribution in [2.45, 2.75) is 77.3 Å². The van der Waals surface area contributed by atoms with Gasteiger partial charge in [0.25, 0.3) is 5.91 Å². The second kappa shape index (κ2) is 9.49. The Morgan fingerprint density at radius 3 is 2.44 bits per heavy atom. The number of carbonyl (C=O) groups excluding carboxylic acids is 1. The number of amides is 1. The van der Waals surface area contributed by atoms with Crippen molar-refractivity contribution in [2.75, 3.05) is 20.2 Å². The monoisotopic (exact) mass is 467 g/mol. The van der Waals surface area contributed by atoms with Crippen molar-refractivity contribution in [3.05, 3.63) is 53.6 Å². The Kier molecular flexibility index (Phi) is 6.81. The molecule has 1 fully saturated rings. The summed E-state index contributed by atoms with van der Waals surface area (Å²) in [6, 6.07) is 13.6. The minimum absolute atomic E-state index is 0.00273. The molecule has 6 nitrogen and oxygen atoms in total. The highest BCUT2D eigenvalue weighted by Gasteiger charge is 2.45. The smallest absolute Gasteiger partial charge is 0.253 e. The van der Waals surface area contributed by atoms with Gasteiger partial charge in [-0.2, -0.15) is 0 Å². The van der Waals surface area contributed by atoms with E-state index in [2.05, 4.69) is 26.8 Å². The standard InChI is InChI=1S/C28H37NO5/c1-19(2)32-23-12-11-20(17-24(23)31-6)26(30)29-15-13-28(14-16-29)18-25(33-27(3,4)5)21-9-7-8-10-22(21)34-28/h7-12,17,19,25H,13-16,18H2,1-6H3. The quantitative estimate of drug-likeness (QED) is 0.557. The largest absolute Gasteiger partial charge is 0.493 e. The number of hydrogen-bond acceptors (Lipinski definition) is 5. The van der Waals surface area contributed by atoms with Crippen LogP contribution in [-0.2, 0) is 4.74 Å². The van der Waals surface area contributed by atoms with Crippen LogP contribution in [0, 0.1) is 0 Å². The van der Waals surface area contributed by atoms with Gasteiger partial charge in [-0.05, 0) is 58.9 Å². The van der Waals surface area contributed by atoms with Crippen molar-refractivity contribution >= 4 is 5.91 Å². The summed E-state index contributed by atoms with van der Waals surface area (Å²) >= 11 is 0. The molecule has 1 spiro atoms. The van der Waals surface area contributed by atoms with Crippen LogP contribution in [0.4, 0.5) is 0 Å². The van der Waals surface area contributed by atoms with Crippen LogP contribution in [0.5, 0.6) is 17.2 Å². The molecule has 0 bridgehead atoms. The van der Waals surface area contributed by atoms with Crippen LogP contribution < -0.4 is 14.2 Å². The van der Waals surface area contributed by atoms with Crippen molar-refractivity contribution in [3.8, 4) is 17.2 Å². The second-order valence-corrected chi connectivity index (χ2v) is 10.6. The molecule has 1 saturated heterocycles. The van der Waals surface area contributed by atoms with Gasteiger partial charge in [-0.25, -0.2) is 0 Å². The van der Waals surface area contributed by atoms with E-state index in [9.17, 15) is 4.79 Å². The number of piperidine rings is 1. The van der Waals surface area contributed by atoms with Crippen LogP contribution in [0.1, 0.15) is 75.9 Å². The summed E-state index contributed by atoms with van der Waals surface area (Å²) in [6.07, 6.45) is 2.33. The molecule has 6 heteroatoms. The van der Waals surface area contributed by atoms with Gasteiger partial charge in [-0.3, -0.25) is 4.79 Å². The molecule has 2 heterocycles. The summed E-state index contributed by atoms with van der Waals surface area (Å²) in [5, 5.41) is 0. The maximum atomic E-state index is 13.3. The number of nitrogens with zero attached hydrogens (tertiary/aromatic N) is 1. The Hall–Kier alpha value is -2.73. The van der Waals surface area contributed by atoms with E-state index in [-0.39, 0.29) is 29.3 Å². The Morgan fingerprint density at radius 1 is 1.09 bits per heavy atom. The highest BCUT2D eigenvalue weighted by Crippen LogP contribution is 2.47. The van der Waals surface area contributed by atoms with Crippen molar-refractivity contribution in [1.29, 1.82) is 0 Å². The SMILES string of the molecule is COc1cc(C(=O)N2CCC3(CC2)CC(OC(C)(C)C)c2ccccc2O3)ccc1OC(C)C. The van der Waals surface area contributed by atoms with Gasteiger partial charge in [0.05, 0.1) is 24.9 Å². The van der Waals surface area contributed by atoms with Crippen LogP contribution in [-0.4, -0.2) is 48.3 Å². The van der Waals surface area contributed by atoms with Crippen LogP contribution in [0.25, 0.3) is 0 Å². The Labute approximate surface area is 203 Å². The molecule has 1 atom stereocenters. The first-order valence-electron chi connectivity index (χ1n) is 12.2. The summed E-state index contributed by atoms with van der Waals surface area (Å²) < 4.78 is 24.3. The van der Waals surface area contributed by atoms with Gasteiger partial charge in [0.1, 0.15) is 11.4 Å². The van der Waals surface area contributed by atoms with Gasteiger partial charge in [0.15, 0.2) is 11.5 Å². The van der Waals surface area contributed by atoms with Gasteiger partial charge in [0.2, 0.25) is 0 Å². The Balaban J connectivity index is 1.48. The number of carbonyl (C=O) groups is 1. The zero-order valence-corrected chi connectivity index (χ0v) is 21.2. The number of ether oxygens (including phenoxy) is 4. The van der Waals surface area contributed by atoms with Gasteiger partial charge in [-0.1, -0.05) is 18.2 Å². The average molecular weight is 468 g/mol. The third-order valence-corrected chi connectivity index (χ3v) is 6.38. The lowest BCUT2D eigenvalue weighted by molar-refractivity contribution is -0.119. The topological polar surface area (TPSA) is 57.2 Å². The highest BCUT2D eigenvalue weighted by atomic mass is 16.5. The number of hydrogen-bond donors (Lipinski definition) is 0. The fourth-order valence-corrected chi connectivity index (χ4v) is 4.85. The molecule has 0 radical (unpaired) electrons. The maximum absolute atomic E-state index is 13.3. The van der Waals surface area contributed by atoms with E-state index in [0.29, 0.717) is 30.2 Å². The molecule has 0 aliphatic carbocycles. The van der Waals surface area contributed by atoms with E-state index in [4.69, 9.17) is 18.9 Å². The number of rotatable bonds is 5. The maximum Gasteiger partial charge on any atom is 0.253 e. The molecule has 1 unspecified atom stereocenters. The molecule has 2 aliphatic heterocycles. The van der Waals surface area contributed by atoms with E-state index in [1.54, 1.807) is 13.2 Å². The first-order valence-corrected chi connectivity index (χ1v) is 12.2. The molecule has 184 valence electrons. The van der Waals surface area contributed by atoms with Crippen molar-refractivity contribution < 1.29 is 23.7 Å². The lowest BCUT2D eigenvalue weighted by Crippen LogP contribution is -2.52. The molecule has 0 N–H and O–H groups in total. The summed E-state index contributed by atoms with van der Waals surface area (Å²) in [5.74, 6) is 2.12. The molecule has 2 aliphatic rings. The second-order valence-electron chi connectivity index (χ2n) is 10.6. The molecule has 4 rings (SSSR count). The minimum atomic E-state index is -0.326. The predicted octanol–water partition coefficient (Wildman–Crippen LogP) is 5.80. The number of para-hydroxylation sites is 1. The Bertz CT molecular complexity index is 1020. The molecule has 2 aromatic carbocycles. The summed E-state index contributed by atoms with van der Waals surface area (Å²) in [5.41, 5.74) is 1.13. The van der Waals surface area contributed by atoms with Crippen LogP contribution >= 0.6 is 0 Å². The minimum Gasteiger partial charge on any atom is -0.493 e. The summed E-state index contributed by atoms with van der Waals surface area (Å²) in [4.78, 5) is 15.2. The highest BCUT2D eigenvalue weighted by molar-refractivity contribution is 5.95. The fourth-order valence-electron chi connectivity index (χ4n) is 4.85. The normalized spacial score (nSPS) is 19.5. The van der Waals surface area contributed by atoms with Gasteiger partial charge < -0.3 is 23.8 Å². The third kappa shape index (κ3) is 5.33. The number of benzene rings is 2. The zero-order chi connectivity index (χ0) is 24.5. The van der Waals surface area contributed by atoms with Crippen molar-refractivity contribution in [2.24, 2.45) is 0 Å². The lowest BCUT2D eigenvalue weighted by Gasteiger charge is -2.47. The molecular formula is C28H37NO5. The van der Waals surface area contributed by atoms with Gasteiger partial charge in [0, 0.05) is 43.5 Å². The predicted molar refractivity (Wildman–Crippen MR) is 132 cm³/mol. The molecule has 0 aromatic heterocycles. The van der Waals surface area contributed by atoms with Crippen LogP contribution in [0.15, 0.2) is 42.5 Å². The molecule has 2 aromatic rings. The first-order chi connectivity index (χ1) is 16.1. The molecule has 1 amide bonds. The van der Waals surface area contributed by atoms with E-state index in [0.717, 1.165) is 30.6 Å². The van der Waals surface area contributed by atoms with Gasteiger partial charge >= 0.3 is 0 Å². The van der Waals surface area contributed by atoms with E-state index < -0.39 is 0 Å². The average Bonchev–Trinajstić information content (AvgIpc) is 2.78. The lowest BCUT2D eigenvalue weighted by atomic mass is 9.81. The fraction of sp³-hybridized carbons (Fsp3) is 0.536. The molecule has 34 heavy (non-hydrogen) atoms. The van der Waals surface area contributed by atoms with Crippen molar-refractivity contribution in [1.82, 2.24) is 4.90 Å². The number of likely N-dealkylation sites (tertiary alicyclic amines) is 1. The van der Waals surface area contributed by atoms with Crippen LogP contribution in [0.2, 0.25) is 0 Å². The first kappa shape index (κ1) is 24.4. The van der Waals surface area contributed by atoms with Gasteiger partial charge in [-0.15, -0.1) is 0 Å². The third-order valence-electron chi connectivity index (χ3n) is 6.38. The number of fused-ring (bicyclic) bond motifs is 1. The summed E-state index contributed by atoms with van der Waals surface area (Å²) in [6.45, 7) is 11.5. The Morgan fingerprint density at radius 2 is 1.79 bits per heavy atom. The van der Waals surface area contributed by atoms with Crippen LogP contribution in [0.3, 0.4) is 0 Å². The van der Waals surface area contributed by atoms with E-state index >= 15 is 0 Å². The van der Waals surface area contributed by atoms with E-state index in [1.807, 2.05) is 49.1 Å².